The van der Waals surface area contributed by atoms with Gasteiger partial charge in [-0.2, -0.15) is 0 Å². The van der Waals surface area contributed by atoms with Gasteiger partial charge in [0, 0.05) is 19.6 Å². The molecule has 0 unspecified atom stereocenters. The summed E-state index contributed by atoms with van der Waals surface area (Å²) in [7, 11) is 2.05. The molecule has 2 N–H and O–H groups in total. The standard InChI is InChI=1S/C11H17ClN4O2/c1-7-14-10(9(12)11(17)15-7)13-5-8-6-16(2)3-4-18-8/h8H,3-6H2,1-2H3,(H2,13,14,15,17)/t8-/m0/s1. The number of nitrogens with zero attached hydrogens (tertiary/aromatic N) is 2. The van der Waals surface area contributed by atoms with Gasteiger partial charge >= 0.3 is 0 Å². The maximum absolute atomic E-state index is 11.5. The topological polar surface area (TPSA) is 70.2 Å². The zero-order valence-corrected chi connectivity index (χ0v) is 11.3. The maximum atomic E-state index is 11.5. The van der Waals surface area contributed by atoms with E-state index in [1.807, 2.05) is 0 Å². The second kappa shape index (κ2) is 5.69. The van der Waals surface area contributed by atoms with Crippen molar-refractivity contribution in [1.29, 1.82) is 0 Å². The molecule has 0 bridgehead atoms. The second-order valence-electron chi connectivity index (χ2n) is 4.45. The minimum atomic E-state index is -0.326. The minimum Gasteiger partial charge on any atom is -0.374 e. The number of hydrogen-bond acceptors (Lipinski definition) is 5. The van der Waals surface area contributed by atoms with E-state index in [0.29, 0.717) is 18.2 Å². The molecule has 2 rings (SSSR count). The van der Waals surface area contributed by atoms with E-state index >= 15 is 0 Å². The first-order valence-electron chi connectivity index (χ1n) is 5.86. The highest BCUT2D eigenvalue weighted by atomic mass is 35.5. The maximum Gasteiger partial charge on any atom is 0.271 e. The number of likely N-dealkylation sites (N-methyl/N-ethyl adjacent to an activating group) is 1. The smallest absolute Gasteiger partial charge is 0.271 e. The Hall–Kier alpha value is -1.11. The van der Waals surface area contributed by atoms with E-state index < -0.39 is 0 Å². The van der Waals surface area contributed by atoms with Crippen LogP contribution in [0.25, 0.3) is 0 Å². The minimum absolute atomic E-state index is 0.0845. The van der Waals surface area contributed by atoms with Gasteiger partial charge in [-0.15, -0.1) is 0 Å². The van der Waals surface area contributed by atoms with Gasteiger partial charge < -0.3 is 19.9 Å². The van der Waals surface area contributed by atoms with Crippen molar-refractivity contribution < 1.29 is 4.74 Å². The summed E-state index contributed by atoms with van der Waals surface area (Å²) in [5, 5.41) is 3.16. The zero-order valence-electron chi connectivity index (χ0n) is 10.5. The molecule has 0 radical (unpaired) electrons. The number of anilines is 1. The molecule has 18 heavy (non-hydrogen) atoms. The van der Waals surface area contributed by atoms with E-state index in [1.165, 1.54) is 0 Å². The Kier molecular flexibility index (Phi) is 4.21. The van der Waals surface area contributed by atoms with Crippen molar-refractivity contribution >= 4 is 17.4 Å². The number of morpholine rings is 1. The number of ether oxygens (including phenoxy) is 1. The van der Waals surface area contributed by atoms with Gasteiger partial charge in [0.05, 0.1) is 12.7 Å². The van der Waals surface area contributed by atoms with Gasteiger partial charge in [0.2, 0.25) is 0 Å². The molecule has 1 fully saturated rings. The highest BCUT2D eigenvalue weighted by molar-refractivity contribution is 6.32. The van der Waals surface area contributed by atoms with Crippen LogP contribution in [0, 0.1) is 6.92 Å². The third-order valence-electron chi connectivity index (χ3n) is 2.82. The van der Waals surface area contributed by atoms with Crippen molar-refractivity contribution in [3.63, 3.8) is 0 Å². The van der Waals surface area contributed by atoms with Crippen LogP contribution in [0.1, 0.15) is 5.82 Å². The predicted octanol–water partition coefficient (Wildman–Crippen LogP) is 0.474. The van der Waals surface area contributed by atoms with Gasteiger partial charge in [-0.3, -0.25) is 4.79 Å². The molecule has 1 aliphatic rings. The Morgan fingerprint density at radius 1 is 1.67 bits per heavy atom. The lowest BCUT2D eigenvalue weighted by Gasteiger charge is -2.30. The van der Waals surface area contributed by atoms with Crippen LogP contribution >= 0.6 is 11.6 Å². The molecule has 1 saturated heterocycles. The molecule has 1 aromatic heterocycles. The van der Waals surface area contributed by atoms with Crippen molar-refractivity contribution in [3.8, 4) is 0 Å². The molecule has 7 heteroatoms. The molecule has 6 nitrogen and oxygen atoms in total. The van der Waals surface area contributed by atoms with Gasteiger partial charge in [-0.25, -0.2) is 4.98 Å². The van der Waals surface area contributed by atoms with Crippen molar-refractivity contribution in [3.05, 3.63) is 21.2 Å². The summed E-state index contributed by atoms with van der Waals surface area (Å²) < 4.78 is 5.61. The summed E-state index contributed by atoms with van der Waals surface area (Å²) in [4.78, 5) is 20.4. The van der Waals surface area contributed by atoms with E-state index in [4.69, 9.17) is 16.3 Å². The van der Waals surface area contributed by atoms with E-state index in [9.17, 15) is 4.79 Å². The van der Waals surface area contributed by atoms with Gasteiger partial charge in [0.25, 0.3) is 5.56 Å². The molecular weight excluding hydrogens is 256 g/mol. The number of nitrogens with one attached hydrogen (secondary N) is 2. The predicted molar refractivity (Wildman–Crippen MR) is 70.3 cm³/mol. The number of aromatic amines is 1. The van der Waals surface area contributed by atoms with Gasteiger partial charge in [-0.05, 0) is 14.0 Å². The summed E-state index contributed by atoms with van der Waals surface area (Å²) >= 11 is 5.89. The quantitative estimate of drug-likeness (QED) is 0.837. The van der Waals surface area contributed by atoms with Crippen molar-refractivity contribution in [2.45, 2.75) is 13.0 Å². The highest BCUT2D eigenvalue weighted by Gasteiger charge is 2.18. The first-order chi connectivity index (χ1) is 8.56. The van der Waals surface area contributed by atoms with Crippen molar-refractivity contribution in [2.75, 3.05) is 38.6 Å². The Labute approximate surface area is 110 Å². The number of rotatable bonds is 3. The fraction of sp³-hybridized carbons (Fsp3) is 0.636. The third-order valence-corrected chi connectivity index (χ3v) is 3.17. The van der Waals surface area contributed by atoms with Crippen LogP contribution in [0.4, 0.5) is 5.82 Å². The Balaban J connectivity index is 1.99. The molecule has 1 aromatic rings. The molecule has 0 aliphatic carbocycles. The molecule has 1 aliphatic heterocycles. The molecule has 0 spiro atoms. The fourth-order valence-electron chi connectivity index (χ4n) is 1.89. The number of hydrogen-bond donors (Lipinski definition) is 2. The average Bonchev–Trinajstić information content (AvgIpc) is 2.32. The molecule has 0 amide bonds. The van der Waals surface area contributed by atoms with E-state index in [2.05, 4.69) is 27.2 Å². The molecule has 1 atom stereocenters. The van der Waals surface area contributed by atoms with Crippen LogP contribution in [0.5, 0.6) is 0 Å². The first kappa shape index (κ1) is 13.3. The van der Waals surface area contributed by atoms with Crippen LogP contribution in [-0.4, -0.2) is 54.3 Å². The summed E-state index contributed by atoms with van der Waals surface area (Å²) in [5.74, 6) is 0.948. The Bertz CT molecular complexity index is 477. The molecule has 2 heterocycles. The van der Waals surface area contributed by atoms with E-state index in [-0.39, 0.29) is 16.7 Å². The molecule has 100 valence electrons. The van der Waals surface area contributed by atoms with E-state index in [1.54, 1.807) is 6.92 Å². The third kappa shape index (κ3) is 3.22. The highest BCUT2D eigenvalue weighted by Crippen LogP contribution is 2.14. The fourth-order valence-corrected chi connectivity index (χ4v) is 2.05. The molecular formula is C11H17ClN4O2. The van der Waals surface area contributed by atoms with Crippen LogP contribution in [0.2, 0.25) is 5.02 Å². The SMILES string of the molecule is Cc1nc(NC[C@H]2CN(C)CCO2)c(Cl)c(=O)[nH]1. The van der Waals surface area contributed by atoms with Gasteiger partial charge in [-0.1, -0.05) is 11.6 Å². The first-order valence-corrected chi connectivity index (χ1v) is 6.24. The lowest BCUT2D eigenvalue weighted by Crippen LogP contribution is -2.43. The van der Waals surface area contributed by atoms with E-state index in [0.717, 1.165) is 19.7 Å². The Morgan fingerprint density at radius 2 is 2.44 bits per heavy atom. The van der Waals surface area contributed by atoms with Crippen LogP contribution < -0.4 is 10.9 Å². The van der Waals surface area contributed by atoms with Crippen LogP contribution in [-0.2, 0) is 4.74 Å². The number of halogens is 1. The monoisotopic (exact) mass is 272 g/mol. The number of aryl methyl sites for hydroxylation is 1. The molecule has 0 saturated carbocycles. The largest absolute Gasteiger partial charge is 0.374 e. The zero-order chi connectivity index (χ0) is 13.1. The summed E-state index contributed by atoms with van der Waals surface area (Å²) in [6.07, 6.45) is 0.0845. The normalized spacial score (nSPS) is 20.9. The summed E-state index contributed by atoms with van der Waals surface area (Å²) in [6, 6.07) is 0. The van der Waals surface area contributed by atoms with Crippen LogP contribution in [0.3, 0.4) is 0 Å². The van der Waals surface area contributed by atoms with Gasteiger partial charge in [0.15, 0.2) is 5.82 Å². The van der Waals surface area contributed by atoms with Crippen LogP contribution in [0.15, 0.2) is 4.79 Å². The average molecular weight is 273 g/mol. The number of H-pyrrole nitrogens is 1. The second-order valence-corrected chi connectivity index (χ2v) is 4.83. The van der Waals surface area contributed by atoms with Crippen molar-refractivity contribution in [2.24, 2.45) is 0 Å². The van der Waals surface area contributed by atoms with Gasteiger partial charge in [0.1, 0.15) is 10.8 Å². The molecule has 0 aromatic carbocycles. The Morgan fingerprint density at radius 3 is 3.17 bits per heavy atom. The number of aromatic nitrogens is 2. The lowest BCUT2D eigenvalue weighted by atomic mass is 10.3. The summed E-state index contributed by atoms with van der Waals surface area (Å²) in [6.45, 7) is 4.82. The lowest BCUT2D eigenvalue weighted by molar-refractivity contribution is -0.0117. The summed E-state index contributed by atoms with van der Waals surface area (Å²) in [5.41, 5.74) is -0.326. The van der Waals surface area contributed by atoms with Crippen molar-refractivity contribution in [1.82, 2.24) is 14.9 Å².